The normalized spacial score (nSPS) is 11.5. The van der Waals surface area contributed by atoms with Crippen LogP contribution in [0.2, 0.25) is 0 Å². The third-order valence-corrected chi connectivity index (χ3v) is 2.92. The van der Waals surface area contributed by atoms with Gasteiger partial charge in [0.2, 0.25) is 0 Å². The van der Waals surface area contributed by atoms with E-state index in [0.29, 0.717) is 0 Å². The van der Waals surface area contributed by atoms with Gasteiger partial charge in [-0.2, -0.15) is 0 Å². The van der Waals surface area contributed by atoms with Crippen molar-refractivity contribution in [2.45, 2.75) is 32.7 Å². The van der Waals surface area contributed by atoms with Crippen LogP contribution in [0.3, 0.4) is 0 Å². The minimum absolute atomic E-state index is 0.0552. The Hall–Kier alpha value is -1.84. The molecule has 0 bridgehead atoms. The number of imidazole rings is 1. The lowest BCUT2D eigenvalue weighted by atomic mass is 10.0. The number of anilines is 1. The lowest BCUT2D eigenvalue weighted by Gasteiger charge is -2.25. The highest BCUT2D eigenvalue weighted by Crippen LogP contribution is 2.21. The molecule has 0 amide bonds. The second kappa shape index (κ2) is 4.57. The van der Waals surface area contributed by atoms with Crippen molar-refractivity contribution in [2.24, 2.45) is 0 Å². The maximum Gasteiger partial charge on any atom is 0.126 e. The third-order valence-electron chi connectivity index (χ3n) is 2.92. The summed E-state index contributed by atoms with van der Waals surface area (Å²) in [6, 6.07) is 4.00. The zero-order chi connectivity index (χ0) is 12.3. The van der Waals surface area contributed by atoms with Gasteiger partial charge in [0, 0.05) is 17.3 Å². The molecule has 17 heavy (non-hydrogen) atoms. The molecule has 2 rings (SSSR count). The summed E-state index contributed by atoms with van der Waals surface area (Å²) in [4.78, 5) is 11.5. The summed E-state index contributed by atoms with van der Waals surface area (Å²) in [5.74, 6) is 0.893. The van der Waals surface area contributed by atoms with Crippen molar-refractivity contribution < 1.29 is 0 Å². The number of aromatic nitrogens is 3. The standard InChI is InChI=1S/C13H18N4/c1-4-13(2,3)17-12-7-10(5-6-15-12)11-8-14-9-16-11/h5-9H,4H2,1-3H3,(H,14,16)(H,15,17). The maximum atomic E-state index is 4.34. The lowest BCUT2D eigenvalue weighted by Crippen LogP contribution is -2.30. The van der Waals surface area contributed by atoms with E-state index in [1.807, 2.05) is 24.5 Å². The van der Waals surface area contributed by atoms with Crippen LogP contribution in [0, 0.1) is 0 Å². The smallest absolute Gasteiger partial charge is 0.126 e. The van der Waals surface area contributed by atoms with Gasteiger partial charge in [-0.3, -0.25) is 0 Å². The Morgan fingerprint density at radius 1 is 1.41 bits per heavy atom. The van der Waals surface area contributed by atoms with Crippen LogP contribution in [-0.4, -0.2) is 20.5 Å². The van der Waals surface area contributed by atoms with Gasteiger partial charge >= 0.3 is 0 Å². The van der Waals surface area contributed by atoms with Crippen LogP contribution < -0.4 is 5.32 Å². The topological polar surface area (TPSA) is 53.6 Å². The van der Waals surface area contributed by atoms with Gasteiger partial charge in [-0.1, -0.05) is 6.92 Å². The van der Waals surface area contributed by atoms with Crippen molar-refractivity contribution in [1.82, 2.24) is 15.0 Å². The van der Waals surface area contributed by atoms with E-state index in [-0.39, 0.29) is 5.54 Å². The minimum atomic E-state index is 0.0552. The van der Waals surface area contributed by atoms with E-state index in [2.05, 4.69) is 41.0 Å². The molecule has 2 N–H and O–H groups in total. The fraction of sp³-hybridized carbons (Fsp3) is 0.385. The predicted molar refractivity (Wildman–Crippen MR) is 69.8 cm³/mol. The van der Waals surface area contributed by atoms with Gasteiger partial charge in [-0.25, -0.2) is 9.97 Å². The second-order valence-electron chi connectivity index (χ2n) is 4.76. The summed E-state index contributed by atoms with van der Waals surface area (Å²) in [6.07, 6.45) is 6.34. The van der Waals surface area contributed by atoms with Crippen LogP contribution >= 0.6 is 0 Å². The predicted octanol–water partition coefficient (Wildman–Crippen LogP) is 3.07. The van der Waals surface area contributed by atoms with Gasteiger partial charge in [-0.05, 0) is 32.4 Å². The van der Waals surface area contributed by atoms with Gasteiger partial charge in [0.25, 0.3) is 0 Å². The molecule has 0 saturated heterocycles. The first-order valence-electron chi connectivity index (χ1n) is 5.84. The molecule has 0 fully saturated rings. The number of pyridine rings is 1. The van der Waals surface area contributed by atoms with Crippen LogP contribution in [-0.2, 0) is 0 Å². The molecular formula is C13H18N4. The average Bonchev–Trinajstić information content (AvgIpc) is 2.82. The Kier molecular flexibility index (Phi) is 3.13. The summed E-state index contributed by atoms with van der Waals surface area (Å²) >= 11 is 0. The van der Waals surface area contributed by atoms with E-state index in [0.717, 1.165) is 23.5 Å². The molecular weight excluding hydrogens is 212 g/mol. The van der Waals surface area contributed by atoms with E-state index < -0.39 is 0 Å². The molecule has 4 heteroatoms. The van der Waals surface area contributed by atoms with E-state index in [4.69, 9.17) is 0 Å². The van der Waals surface area contributed by atoms with Gasteiger partial charge in [0.15, 0.2) is 0 Å². The molecule has 0 aliphatic carbocycles. The molecule has 2 aromatic heterocycles. The molecule has 0 aliphatic rings. The molecule has 2 heterocycles. The fourth-order valence-electron chi connectivity index (χ4n) is 1.52. The molecule has 0 aromatic carbocycles. The van der Waals surface area contributed by atoms with E-state index in [1.165, 1.54) is 0 Å². The van der Waals surface area contributed by atoms with Gasteiger partial charge in [0.05, 0.1) is 18.2 Å². The number of hydrogen-bond acceptors (Lipinski definition) is 3. The van der Waals surface area contributed by atoms with Crippen molar-refractivity contribution in [1.29, 1.82) is 0 Å². The van der Waals surface area contributed by atoms with E-state index in [1.54, 1.807) is 6.33 Å². The maximum absolute atomic E-state index is 4.34. The molecule has 90 valence electrons. The van der Waals surface area contributed by atoms with Gasteiger partial charge in [0.1, 0.15) is 5.82 Å². The number of H-pyrrole nitrogens is 1. The zero-order valence-electron chi connectivity index (χ0n) is 10.5. The highest BCUT2D eigenvalue weighted by molar-refractivity contribution is 5.62. The van der Waals surface area contributed by atoms with Crippen molar-refractivity contribution in [3.05, 3.63) is 30.9 Å². The fourth-order valence-corrected chi connectivity index (χ4v) is 1.52. The SMILES string of the molecule is CCC(C)(C)Nc1cc(-c2cnc[nH]2)ccn1. The first-order chi connectivity index (χ1) is 8.11. The lowest BCUT2D eigenvalue weighted by molar-refractivity contribution is 0.545. The summed E-state index contributed by atoms with van der Waals surface area (Å²) in [7, 11) is 0. The van der Waals surface area contributed by atoms with E-state index in [9.17, 15) is 0 Å². The summed E-state index contributed by atoms with van der Waals surface area (Å²) in [5.41, 5.74) is 2.15. The zero-order valence-corrected chi connectivity index (χ0v) is 10.5. The molecule has 0 radical (unpaired) electrons. The molecule has 0 unspecified atom stereocenters. The Balaban J connectivity index is 2.23. The second-order valence-corrected chi connectivity index (χ2v) is 4.76. The molecule has 0 atom stereocenters. The van der Waals surface area contributed by atoms with Crippen molar-refractivity contribution in [3.8, 4) is 11.3 Å². The van der Waals surface area contributed by atoms with Crippen LogP contribution in [0.4, 0.5) is 5.82 Å². The number of nitrogens with zero attached hydrogens (tertiary/aromatic N) is 2. The summed E-state index contributed by atoms with van der Waals surface area (Å²) < 4.78 is 0. The number of hydrogen-bond donors (Lipinski definition) is 2. The number of aromatic amines is 1. The van der Waals surface area contributed by atoms with E-state index >= 15 is 0 Å². The summed E-state index contributed by atoms with van der Waals surface area (Å²) in [5, 5.41) is 3.42. The Morgan fingerprint density at radius 3 is 2.88 bits per heavy atom. The van der Waals surface area contributed by atoms with Crippen molar-refractivity contribution >= 4 is 5.82 Å². The quantitative estimate of drug-likeness (QED) is 0.848. The monoisotopic (exact) mass is 230 g/mol. The highest BCUT2D eigenvalue weighted by Gasteiger charge is 2.15. The number of rotatable bonds is 4. The Labute approximate surface area is 102 Å². The Morgan fingerprint density at radius 2 is 2.24 bits per heavy atom. The molecule has 0 aliphatic heterocycles. The van der Waals surface area contributed by atoms with Gasteiger partial charge < -0.3 is 10.3 Å². The average molecular weight is 230 g/mol. The number of nitrogens with one attached hydrogen (secondary N) is 2. The summed E-state index contributed by atoms with van der Waals surface area (Å²) in [6.45, 7) is 6.49. The molecule has 0 saturated carbocycles. The van der Waals surface area contributed by atoms with Crippen LogP contribution in [0.25, 0.3) is 11.3 Å². The first kappa shape index (κ1) is 11.6. The van der Waals surface area contributed by atoms with Crippen LogP contribution in [0.5, 0.6) is 0 Å². The van der Waals surface area contributed by atoms with Crippen molar-refractivity contribution in [3.63, 3.8) is 0 Å². The molecule has 4 nitrogen and oxygen atoms in total. The van der Waals surface area contributed by atoms with Crippen LogP contribution in [0.1, 0.15) is 27.2 Å². The first-order valence-corrected chi connectivity index (χ1v) is 5.84. The van der Waals surface area contributed by atoms with Crippen LogP contribution in [0.15, 0.2) is 30.9 Å². The third kappa shape index (κ3) is 2.84. The molecule has 0 spiro atoms. The largest absolute Gasteiger partial charge is 0.365 e. The minimum Gasteiger partial charge on any atom is -0.365 e. The van der Waals surface area contributed by atoms with Crippen molar-refractivity contribution in [2.75, 3.05) is 5.32 Å². The highest BCUT2D eigenvalue weighted by atomic mass is 15.0. The Bertz CT molecular complexity index is 474. The van der Waals surface area contributed by atoms with Gasteiger partial charge in [-0.15, -0.1) is 0 Å². The molecule has 2 aromatic rings.